The smallest absolute Gasteiger partial charge is 0.271 e. The largest absolute Gasteiger partial charge is 0.507 e. The number of allylic oxidation sites excluding steroid dienone is 2. The van der Waals surface area contributed by atoms with Crippen molar-refractivity contribution < 1.29 is 9.90 Å². The van der Waals surface area contributed by atoms with Gasteiger partial charge in [0.1, 0.15) is 5.75 Å². The van der Waals surface area contributed by atoms with E-state index in [4.69, 9.17) is 0 Å². The molecule has 0 saturated carbocycles. The summed E-state index contributed by atoms with van der Waals surface area (Å²) >= 11 is 6.71. The number of hydrogen-bond donors (Lipinski definition) is 2. The molecule has 1 aromatic carbocycles. The van der Waals surface area contributed by atoms with Gasteiger partial charge in [0.2, 0.25) is 0 Å². The van der Waals surface area contributed by atoms with Crippen LogP contribution in [-0.4, -0.2) is 17.2 Å². The highest BCUT2D eigenvalue weighted by molar-refractivity contribution is 9.11. The summed E-state index contributed by atoms with van der Waals surface area (Å²) in [5, 5.41) is 13.6. The first kappa shape index (κ1) is 16.0. The highest BCUT2D eigenvalue weighted by Crippen LogP contribution is 2.27. The molecule has 1 aliphatic carbocycles. The summed E-state index contributed by atoms with van der Waals surface area (Å²) < 4.78 is 1.78. The fourth-order valence-electron chi connectivity index (χ4n) is 1.78. The Labute approximate surface area is 139 Å². The topological polar surface area (TPSA) is 61.7 Å². The lowest BCUT2D eigenvalue weighted by Crippen LogP contribution is -2.20. The molecule has 1 aliphatic rings. The Bertz CT molecular complexity index is 651. The van der Waals surface area contributed by atoms with Crippen LogP contribution in [0.3, 0.4) is 0 Å². The number of phenolic OH excluding ortho intramolecular Hbond substituents is 1. The summed E-state index contributed by atoms with van der Waals surface area (Å²) in [5.74, 6) is 0.215. The second-order valence-electron chi connectivity index (χ2n) is 4.73. The Morgan fingerprint density at radius 3 is 2.90 bits per heavy atom. The first-order valence-corrected chi connectivity index (χ1v) is 7.95. The van der Waals surface area contributed by atoms with Gasteiger partial charge in [0, 0.05) is 15.6 Å². The molecule has 0 aromatic heterocycles. The molecule has 0 unspecified atom stereocenters. The number of carbonyl (C=O) groups excluding carboxylic acids is 1. The third kappa shape index (κ3) is 4.28. The second-order valence-corrected chi connectivity index (χ2v) is 6.56. The number of nitrogens with zero attached hydrogens (tertiary/aromatic N) is 1. The summed E-state index contributed by atoms with van der Waals surface area (Å²) in [5.41, 5.74) is 3.56. The van der Waals surface area contributed by atoms with Crippen molar-refractivity contribution in [3.05, 3.63) is 50.4 Å². The number of hydrogen-bond acceptors (Lipinski definition) is 3. The van der Waals surface area contributed by atoms with Gasteiger partial charge in [-0.2, -0.15) is 5.10 Å². The summed E-state index contributed by atoms with van der Waals surface area (Å²) in [4.78, 5) is 12.0. The molecule has 110 valence electrons. The lowest BCUT2D eigenvalue weighted by atomic mass is 9.98. The fraction of sp³-hybridized carbons (Fsp3) is 0.200. The standard InChI is InChI=1S/C15H14Br2N2O2/c1-9-2-3-10(6-13(9)17)15(21)19-18-8-11-4-5-12(16)7-14(11)20/h3-9,20H,2H2,1H3,(H,19,21)/b18-8+/t9-/m0/s1. The van der Waals surface area contributed by atoms with Crippen LogP contribution < -0.4 is 5.43 Å². The van der Waals surface area contributed by atoms with Crippen molar-refractivity contribution in [1.29, 1.82) is 0 Å². The minimum absolute atomic E-state index is 0.0933. The van der Waals surface area contributed by atoms with E-state index in [1.54, 1.807) is 24.3 Å². The van der Waals surface area contributed by atoms with Crippen molar-refractivity contribution in [2.45, 2.75) is 13.3 Å². The Hall–Kier alpha value is -1.40. The van der Waals surface area contributed by atoms with E-state index in [0.717, 1.165) is 15.4 Å². The van der Waals surface area contributed by atoms with Crippen LogP contribution >= 0.6 is 31.9 Å². The Morgan fingerprint density at radius 2 is 2.24 bits per heavy atom. The van der Waals surface area contributed by atoms with E-state index >= 15 is 0 Å². The zero-order chi connectivity index (χ0) is 15.4. The number of aromatic hydroxyl groups is 1. The molecule has 6 heteroatoms. The number of hydrazone groups is 1. The Kier molecular flexibility index (Phi) is 5.36. The molecule has 0 heterocycles. The van der Waals surface area contributed by atoms with Gasteiger partial charge in [-0.25, -0.2) is 5.43 Å². The molecule has 2 rings (SSSR count). The van der Waals surface area contributed by atoms with E-state index in [0.29, 0.717) is 17.1 Å². The maximum absolute atomic E-state index is 12.0. The van der Waals surface area contributed by atoms with Gasteiger partial charge in [-0.05, 0) is 41.1 Å². The van der Waals surface area contributed by atoms with Crippen molar-refractivity contribution in [3.8, 4) is 5.75 Å². The number of halogens is 2. The molecular formula is C15H14Br2N2O2. The molecule has 21 heavy (non-hydrogen) atoms. The van der Waals surface area contributed by atoms with E-state index in [2.05, 4.69) is 49.3 Å². The van der Waals surface area contributed by atoms with E-state index < -0.39 is 0 Å². The molecule has 1 amide bonds. The Balaban J connectivity index is 2.00. The van der Waals surface area contributed by atoms with Crippen LogP contribution in [0.2, 0.25) is 0 Å². The van der Waals surface area contributed by atoms with Crippen LogP contribution in [0.4, 0.5) is 0 Å². The number of nitrogens with one attached hydrogen (secondary N) is 1. The van der Waals surface area contributed by atoms with Crippen LogP contribution in [0, 0.1) is 5.92 Å². The molecule has 4 nitrogen and oxygen atoms in total. The third-order valence-electron chi connectivity index (χ3n) is 3.08. The van der Waals surface area contributed by atoms with Gasteiger partial charge in [0.15, 0.2) is 0 Å². The number of benzene rings is 1. The summed E-state index contributed by atoms with van der Waals surface area (Å²) in [6, 6.07) is 5.05. The molecule has 0 fully saturated rings. The lowest BCUT2D eigenvalue weighted by Gasteiger charge is -2.14. The van der Waals surface area contributed by atoms with E-state index in [1.165, 1.54) is 6.21 Å². The van der Waals surface area contributed by atoms with Crippen LogP contribution in [0.25, 0.3) is 0 Å². The van der Waals surface area contributed by atoms with Gasteiger partial charge < -0.3 is 5.11 Å². The van der Waals surface area contributed by atoms with E-state index in [-0.39, 0.29) is 11.7 Å². The number of carbonyl (C=O) groups is 1. The minimum Gasteiger partial charge on any atom is -0.507 e. The average molecular weight is 414 g/mol. The van der Waals surface area contributed by atoms with Crippen molar-refractivity contribution in [2.24, 2.45) is 11.0 Å². The Morgan fingerprint density at radius 1 is 1.48 bits per heavy atom. The molecule has 0 radical (unpaired) electrons. The first-order chi connectivity index (χ1) is 9.97. The lowest BCUT2D eigenvalue weighted by molar-refractivity contribution is -0.117. The molecule has 0 spiro atoms. The fourth-order valence-corrected chi connectivity index (χ4v) is 2.56. The average Bonchev–Trinajstić information content (AvgIpc) is 2.44. The maximum atomic E-state index is 12.0. The predicted molar refractivity (Wildman–Crippen MR) is 90.4 cm³/mol. The van der Waals surface area contributed by atoms with E-state index in [1.807, 2.05) is 6.08 Å². The predicted octanol–water partition coefficient (Wildman–Crippen LogP) is 3.85. The van der Waals surface area contributed by atoms with Crippen LogP contribution in [0.5, 0.6) is 5.75 Å². The summed E-state index contributed by atoms with van der Waals surface area (Å²) in [6.45, 7) is 2.08. The highest BCUT2D eigenvalue weighted by atomic mass is 79.9. The minimum atomic E-state index is -0.272. The van der Waals surface area contributed by atoms with Crippen molar-refractivity contribution in [2.75, 3.05) is 0 Å². The van der Waals surface area contributed by atoms with Crippen molar-refractivity contribution >= 4 is 44.0 Å². The second kappa shape index (κ2) is 7.04. The van der Waals surface area contributed by atoms with Gasteiger partial charge in [0.25, 0.3) is 5.91 Å². The molecule has 1 atom stereocenters. The zero-order valence-electron chi connectivity index (χ0n) is 11.3. The van der Waals surface area contributed by atoms with Crippen LogP contribution in [0.15, 0.2) is 50.0 Å². The van der Waals surface area contributed by atoms with Gasteiger partial charge in [-0.15, -0.1) is 0 Å². The zero-order valence-corrected chi connectivity index (χ0v) is 14.5. The first-order valence-electron chi connectivity index (χ1n) is 6.36. The number of amides is 1. The van der Waals surface area contributed by atoms with Gasteiger partial charge in [-0.3, -0.25) is 4.79 Å². The monoisotopic (exact) mass is 412 g/mol. The molecular weight excluding hydrogens is 400 g/mol. The number of phenols is 1. The summed E-state index contributed by atoms with van der Waals surface area (Å²) in [7, 11) is 0. The van der Waals surface area contributed by atoms with Crippen LogP contribution in [-0.2, 0) is 4.79 Å². The molecule has 1 aromatic rings. The van der Waals surface area contributed by atoms with Crippen molar-refractivity contribution in [1.82, 2.24) is 5.43 Å². The quantitative estimate of drug-likeness (QED) is 0.583. The van der Waals surface area contributed by atoms with Crippen molar-refractivity contribution in [3.63, 3.8) is 0 Å². The number of rotatable bonds is 3. The SMILES string of the molecule is C[C@H]1CC=C(C(=O)N/N=C/c2ccc(Br)cc2O)C=C1Br. The highest BCUT2D eigenvalue weighted by Gasteiger charge is 2.15. The third-order valence-corrected chi connectivity index (χ3v) is 4.58. The molecule has 0 bridgehead atoms. The van der Waals surface area contributed by atoms with Gasteiger partial charge in [0.05, 0.1) is 6.21 Å². The van der Waals surface area contributed by atoms with Gasteiger partial charge in [-0.1, -0.05) is 44.9 Å². The molecule has 2 N–H and O–H groups in total. The van der Waals surface area contributed by atoms with Gasteiger partial charge >= 0.3 is 0 Å². The molecule has 0 aliphatic heterocycles. The summed E-state index contributed by atoms with van der Waals surface area (Å²) in [6.07, 6.45) is 5.91. The molecule has 0 saturated heterocycles. The maximum Gasteiger partial charge on any atom is 0.271 e. The normalized spacial score (nSPS) is 18.3. The van der Waals surface area contributed by atoms with Crippen LogP contribution in [0.1, 0.15) is 18.9 Å². The van der Waals surface area contributed by atoms with E-state index in [9.17, 15) is 9.90 Å².